The number of nitrogens with one attached hydrogen (secondary N) is 1. The summed E-state index contributed by atoms with van der Waals surface area (Å²) in [7, 11) is -3.36. The van der Waals surface area contributed by atoms with Crippen molar-refractivity contribution in [3.05, 3.63) is 48.0 Å². The molecule has 0 radical (unpaired) electrons. The topological polar surface area (TPSA) is 93.4 Å². The van der Waals surface area contributed by atoms with Gasteiger partial charge in [-0.05, 0) is 68.4 Å². The van der Waals surface area contributed by atoms with Gasteiger partial charge in [0, 0.05) is 29.8 Å². The Morgan fingerprint density at radius 2 is 1.94 bits per heavy atom. The fourth-order valence-corrected chi connectivity index (χ4v) is 6.10. The van der Waals surface area contributed by atoms with Crippen LogP contribution in [0.1, 0.15) is 57.1 Å². The summed E-state index contributed by atoms with van der Waals surface area (Å²) in [6, 6.07) is 16.0. The highest BCUT2D eigenvalue weighted by Crippen LogP contribution is 2.43. The van der Waals surface area contributed by atoms with Crippen molar-refractivity contribution < 1.29 is 17.9 Å². The van der Waals surface area contributed by atoms with Crippen molar-refractivity contribution in [1.82, 2.24) is 4.57 Å². The second-order valence-electron chi connectivity index (χ2n) is 9.41. The Morgan fingerprint density at radius 1 is 1.14 bits per heavy atom. The lowest BCUT2D eigenvalue weighted by Gasteiger charge is -2.30. The van der Waals surface area contributed by atoms with Gasteiger partial charge < -0.3 is 14.0 Å². The van der Waals surface area contributed by atoms with E-state index in [2.05, 4.69) is 15.4 Å². The SMILES string of the molecule is CCCS(=O)(=O)Nc1ccc(-c2c(C#N)c3ccc(OC[C@H]4CCCO4)cc3n2C2CCC2)cc1. The van der Waals surface area contributed by atoms with Gasteiger partial charge in [-0.1, -0.05) is 19.1 Å². The van der Waals surface area contributed by atoms with Gasteiger partial charge in [-0.15, -0.1) is 0 Å². The van der Waals surface area contributed by atoms with E-state index >= 15 is 0 Å². The molecule has 0 unspecified atom stereocenters. The van der Waals surface area contributed by atoms with Crippen LogP contribution in [-0.4, -0.2) is 38.1 Å². The van der Waals surface area contributed by atoms with Crippen LogP contribution in [0.2, 0.25) is 0 Å². The highest BCUT2D eigenvalue weighted by Gasteiger charge is 2.28. The van der Waals surface area contributed by atoms with Crippen LogP contribution >= 0.6 is 0 Å². The van der Waals surface area contributed by atoms with Gasteiger partial charge in [0.15, 0.2) is 0 Å². The third-order valence-electron chi connectivity index (χ3n) is 6.89. The molecule has 8 heteroatoms. The summed E-state index contributed by atoms with van der Waals surface area (Å²) in [5, 5.41) is 11.1. The molecule has 0 spiro atoms. The lowest BCUT2D eigenvalue weighted by Crippen LogP contribution is -2.18. The molecule has 0 bridgehead atoms. The molecule has 1 aliphatic heterocycles. The molecule has 2 aromatic carbocycles. The minimum Gasteiger partial charge on any atom is -0.491 e. The number of benzene rings is 2. The van der Waals surface area contributed by atoms with Crippen LogP contribution in [0.25, 0.3) is 22.2 Å². The van der Waals surface area contributed by atoms with Gasteiger partial charge in [0.05, 0.1) is 28.6 Å². The molecule has 35 heavy (non-hydrogen) atoms. The highest BCUT2D eigenvalue weighted by atomic mass is 32.2. The lowest BCUT2D eigenvalue weighted by molar-refractivity contribution is 0.0680. The molecule has 1 aromatic heterocycles. The van der Waals surface area contributed by atoms with Crippen LogP contribution in [-0.2, 0) is 14.8 Å². The number of ether oxygens (including phenoxy) is 2. The standard InChI is InChI=1S/C27H31N3O4S/c1-2-15-35(31,32)29-20-10-8-19(9-11-20)27-25(17-28)24-13-12-22(34-18-23-7-4-14-33-23)16-26(24)30(27)21-5-3-6-21/h8-13,16,21,23,29H,2-7,14-15,18H2,1H3/t23-/m1/s1. The normalized spacial score (nSPS) is 18.3. The number of nitrogens with zero attached hydrogens (tertiary/aromatic N) is 2. The first kappa shape index (κ1) is 23.7. The molecular weight excluding hydrogens is 462 g/mol. The molecular formula is C27H31N3O4S. The Kier molecular flexibility index (Phi) is 6.72. The van der Waals surface area contributed by atoms with Crippen molar-refractivity contribution in [2.45, 2.75) is 57.6 Å². The molecule has 3 aromatic rings. The van der Waals surface area contributed by atoms with E-state index in [-0.39, 0.29) is 11.9 Å². The molecule has 2 heterocycles. The molecule has 7 nitrogen and oxygen atoms in total. The smallest absolute Gasteiger partial charge is 0.232 e. The lowest BCUT2D eigenvalue weighted by atomic mass is 9.92. The maximum atomic E-state index is 12.2. The quantitative estimate of drug-likeness (QED) is 0.418. The van der Waals surface area contributed by atoms with Gasteiger partial charge >= 0.3 is 0 Å². The van der Waals surface area contributed by atoms with Crippen molar-refractivity contribution >= 4 is 26.6 Å². The summed E-state index contributed by atoms with van der Waals surface area (Å²) in [6.45, 7) is 3.17. The van der Waals surface area contributed by atoms with E-state index < -0.39 is 10.0 Å². The molecule has 1 N–H and O–H groups in total. The van der Waals surface area contributed by atoms with Crippen molar-refractivity contribution in [3.63, 3.8) is 0 Å². The number of aromatic nitrogens is 1. The number of fused-ring (bicyclic) bond motifs is 1. The summed E-state index contributed by atoms with van der Waals surface area (Å²) in [4.78, 5) is 0. The fraction of sp³-hybridized carbons (Fsp3) is 0.444. The molecule has 0 amide bonds. The average Bonchev–Trinajstić information content (AvgIpc) is 3.43. The Balaban J connectivity index is 1.52. The van der Waals surface area contributed by atoms with E-state index in [9.17, 15) is 13.7 Å². The molecule has 1 saturated heterocycles. The summed E-state index contributed by atoms with van der Waals surface area (Å²) in [5.41, 5.74) is 3.93. The van der Waals surface area contributed by atoms with E-state index in [1.807, 2.05) is 37.3 Å². The van der Waals surface area contributed by atoms with E-state index in [0.717, 1.165) is 60.2 Å². The zero-order valence-electron chi connectivity index (χ0n) is 20.0. The third kappa shape index (κ3) is 4.89. The predicted octanol–water partition coefficient (Wildman–Crippen LogP) is 5.61. The minimum atomic E-state index is -3.36. The van der Waals surface area contributed by atoms with Gasteiger partial charge in [0.25, 0.3) is 0 Å². The van der Waals surface area contributed by atoms with Crippen molar-refractivity contribution in [3.8, 4) is 23.1 Å². The van der Waals surface area contributed by atoms with Crippen LogP contribution in [0.15, 0.2) is 42.5 Å². The number of rotatable bonds is 9. The zero-order valence-corrected chi connectivity index (χ0v) is 20.8. The highest BCUT2D eigenvalue weighted by molar-refractivity contribution is 7.92. The van der Waals surface area contributed by atoms with Crippen molar-refractivity contribution in [2.75, 3.05) is 23.7 Å². The number of hydrogen-bond acceptors (Lipinski definition) is 5. The van der Waals surface area contributed by atoms with Gasteiger partial charge in [-0.2, -0.15) is 5.26 Å². The monoisotopic (exact) mass is 493 g/mol. The summed E-state index contributed by atoms with van der Waals surface area (Å²) in [5.74, 6) is 0.864. The maximum Gasteiger partial charge on any atom is 0.232 e. The molecule has 2 aliphatic rings. The van der Waals surface area contributed by atoms with Gasteiger partial charge in [-0.3, -0.25) is 4.72 Å². The predicted molar refractivity (Wildman–Crippen MR) is 137 cm³/mol. The number of nitriles is 1. The molecule has 1 saturated carbocycles. The first-order valence-corrected chi connectivity index (χ1v) is 14.1. The van der Waals surface area contributed by atoms with Crippen LogP contribution in [0, 0.1) is 11.3 Å². The molecule has 1 atom stereocenters. The van der Waals surface area contributed by atoms with Gasteiger partial charge in [-0.25, -0.2) is 8.42 Å². The molecule has 1 aliphatic carbocycles. The van der Waals surface area contributed by atoms with Crippen LogP contribution < -0.4 is 9.46 Å². The first-order chi connectivity index (χ1) is 17.0. The van der Waals surface area contributed by atoms with Crippen molar-refractivity contribution in [2.24, 2.45) is 0 Å². The van der Waals surface area contributed by atoms with E-state index in [1.54, 1.807) is 12.1 Å². The van der Waals surface area contributed by atoms with Gasteiger partial charge in [0.2, 0.25) is 10.0 Å². The summed E-state index contributed by atoms with van der Waals surface area (Å²) in [6.07, 6.45) is 6.09. The average molecular weight is 494 g/mol. The fourth-order valence-electron chi connectivity index (χ4n) is 4.96. The zero-order chi connectivity index (χ0) is 24.4. The summed E-state index contributed by atoms with van der Waals surface area (Å²) < 4.78 is 41.0. The maximum absolute atomic E-state index is 12.2. The third-order valence-corrected chi connectivity index (χ3v) is 8.38. The second-order valence-corrected chi connectivity index (χ2v) is 11.3. The summed E-state index contributed by atoms with van der Waals surface area (Å²) >= 11 is 0. The molecule has 184 valence electrons. The van der Waals surface area contributed by atoms with Crippen molar-refractivity contribution in [1.29, 1.82) is 5.26 Å². The Morgan fingerprint density at radius 3 is 2.57 bits per heavy atom. The Hall–Kier alpha value is -3.02. The number of sulfonamides is 1. The number of hydrogen-bond donors (Lipinski definition) is 1. The number of anilines is 1. The van der Waals surface area contributed by atoms with Crippen LogP contribution in [0.3, 0.4) is 0 Å². The van der Waals surface area contributed by atoms with E-state index in [1.165, 1.54) is 6.42 Å². The first-order valence-electron chi connectivity index (χ1n) is 12.4. The van der Waals surface area contributed by atoms with E-state index in [4.69, 9.17) is 9.47 Å². The van der Waals surface area contributed by atoms with Crippen LogP contribution in [0.4, 0.5) is 5.69 Å². The minimum absolute atomic E-state index is 0.0839. The van der Waals surface area contributed by atoms with Crippen LogP contribution in [0.5, 0.6) is 5.75 Å². The Labute approximate surface area is 206 Å². The van der Waals surface area contributed by atoms with E-state index in [0.29, 0.717) is 30.3 Å². The second kappa shape index (κ2) is 9.92. The largest absolute Gasteiger partial charge is 0.491 e. The molecule has 2 fully saturated rings. The van der Waals surface area contributed by atoms with Gasteiger partial charge in [0.1, 0.15) is 18.4 Å². The Bertz CT molecular complexity index is 1350. The molecule has 5 rings (SSSR count).